The molecule has 0 radical (unpaired) electrons. The van der Waals surface area contributed by atoms with Crippen LogP contribution in [0.2, 0.25) is 0 Å². The summed E-state index contributed by atoms with van der Waals surface area (Å²) in [6.45, 7) is 0.433. The highest BCUT2D eigenvalue weighted by molar-refractivity contribution is 5.69. The first kappa shape index (κ1) is 11.8. The van der Waals surface area contributed by atoms with Gasteiger partial charge in [-0.25, -0.2) is 4.52 Å². The highest BCUT2D eigenvalue weighted by Gasteiger charge is 2.11. The molecule has 0 saturated carbocycles. The summed E-state index contributed by atoms with van der Waals surface area (Å²) in [5.74, 6) is 0. The lowest BCUT2D eigenvalue weighted by Gasteiger charge is -2.16. The summed E-state index contributed by atoms with van der Waals surface area (Å²) in [4.78, 5) is 0. The standard InChI is InChI=1S/C11H16N4O2/c12-9-6-14-15-3-1-8(5-11(9)15)10(7-17)13-2-4-16/h1,3,5-6,10,13,16-17H,2,4,7,12H2. The molecule has 0 aliphatic heterocycles. The van der Waals surface area contributed by atoms with Crippen LogP contribution < -0.4 is 11.1 Å². The van der Waals surface area contributed by atoms with E-state index in [2.05, 4.69) is 10.4 Å². The lowest BCUT2D eigenvalue weighted by atomic mass is 10.1. The molecule has 17 heavy (non-hydrogen) atoms. The second kappa shape index (κ2) is 5.13. The minimum atomic E-state index is -0.207. The van der Waals surface area contributed by atoms with Gasteiger partial charge in [0.15, 0.2) is 0 Å². The van der Waals surface area contributed by atoms with E-state index in [0.29, 0.717) is 12.2 Å². The van der Waals surface area contributed by atoms with Gasteiger partial charge in [-0.2, -0.15) is 5.10 Å². The Morgan fingerprint density at radius 1 is 1.47 bits per heavy atom. The topological polar surface area (TPSA) is 95.8 Å². The number of nitrogens with zero attached hydrogens (tertiary/aromatic N) is 2. The number of hydrogen-bond acceptors (Lipinski definition) is 5. The van der Waals surface area contributed by atoms with Gasteiger partial charge in [0.25, 0.3) is 0 Å². The molecule has 0 bridgehead atoms. The van der Waals surface area contributed by atoms with Crippen LogP contribution >= 0.6 is 0 Å². The number of hydrogen-bond donors (Lipinski definition) is 4. The third-order valence-electron chi connectivity index (χ3n) is 2.66. The molecule has 2 aromatic heterocycles. The zero-order chi connectivity index (χ0) is 12.3. The van der Waals surface area contributed by atoms with Crippen LogP contribution in [0, 0.1) is 0 Å². The number of fused-ring (bicyclic) bond motifs is 1. The van der Waals surface area contributed by atoms with E-state index in [1.165, 1.54) is 0 Å². The summed E-state index contributed by atoms with van der Waals surface area (Å²) in [6.07, 6.45) is 3.39. The largest absolute Gasteiger partial charge is 0.396 e. The molecule has 0 saturated heterocycles. The van der Waals surface area contributed by atoms with Gasteiger partial charge in [0.2, 0.25) is 0 Å². The Bertz CT molecular complexity index is 497. The van der Waals surface area contributed by atoms with Crippen LogP contribution in [0.25, 0.3) is 5.52 Å². The summed E-state index contributed by atoms with van der Waals surface area (Å²) in [5, 5.41) is 25.2. The number of rotatable bonds is 5. The molecule has 2 heterocycles. The van der Waals surface area contributed by atoms with Crippen molar-refractivity contribution in [2.45, 2.75) is 6.04 Å². The van der Waals surface area contributed by atoms with Gasteiger partial charge in [-0.05, 0) is 17.7 Å². The molecule has 0 fully saturated rings. The monoisotopic (exact) mass is 236 g/mol. The van der Waals surface area contributed by atoms with Crippen molar-refractivity contribution in [1.29, 1.82) is 0 Å². The maximum absolute atomic E-state index is 9.30. The molecular formula is C11H16N4O2. The number of anilines is 1. The van der Waals surface area contributed by atoms with Crippen LogP contribution in [-0.2, 0) is 0 Å². The predicted octanol–water partition coefficient (Wildman–Crippen LogP) is -0.468. The minimum absolute atomic E-state index is 0.0353. The van der Waals surface area contributed by atoms with E-state index >= 15 is 0 Å². The summed E-state index contributed by atoms with van der Waals surface area (Å²) >= 11 is 0. The molecule has 0 aromatic carbocycles. The smallest absolute Gasteiger partial charge is 0.0894 e. The maximum Gasteiger partial charge on any atom is 0.0894 e. The average Bonchev–Trinajstić information content (AvgIpc) is 2.72. The average molecular weight is 236 g/mol. The van der Waals surface area contributed by atoms with Gasteiger partial charge in [-0.15, -0.1) is 0 Å². The maximum atomic E-state index is 9.30. The lowest BCUT2D eigenvalue weighted by molar-refractivity contribution is 0.227. The Balaban J connectivity index is 2.29. The molecule has 0 amide bonds. The Morgan fingerprint density at radius 3 is 3.00 bits per heavy atom. The Morgan fingerprint density at radius 2 is 2.29 bits per heavy atom. The van der Waals surface area contributed by atoms with E-state index in [-0.39, 0.29) is 19.3 Å². The second-order valence-electron chi connectivity index (χ2n) is 3.80. The minimum Gasteiger partial charge on any atom is -0.396 e. The van der Waals surface area contributed by atoms with Gasteiger partial charge in [0.05, 0.1) is 36.7 Å². The van der Waals surface area contributed by atoms with Crippen LogP contribution in [0.5, 0.6) is 0 Å². The van der Waals surface area contributed by atoms with E-state index < -0.39 is 0 Å². The number of nitrogen functional groups attached to an aromatic ring is 1. The van der Waals surface area contributed by atoms with Crippen molar-refractivity contribution >= 4 is 11.2 Å². The molecule has 1 atom stereocenters. The molecule has 92 valence electrons. The molecule has 6 heteroatoms. The van der Waals surface area contributed by atoms with Crippen molar-refractivity contribution in [3.8, 4) is 0 Å². The van der Waals surface area contributed by atoms with E-state index in [0.717, 1.165) is 11.1 Å². The van der Waals surface area contributed by atoms with Crippen LogP contribution in [0.1, 0.15) is 11.6 Å². The van der Waals surface area contributed by atoms with E-state index in [1.807, 2.05) is 12.1 Å². The third kappa shape index (κ3) is 2.38. The fourth-order valence-electron chi connectivity index (χ4n) is 1.76. The third-order valence-corrected chi connectivity index (χ3v) is 2.66. The van der Waals surface area contributed by atoms with Crippen LogP contribution in [0.4, 0.5) is 5.69 Å². The lowest BCUT2D eigenvalue weighted by Crippen LogP contribution is -2.27. The van der Waals surface area contributed by atoms with E-state index in [9.17, 15) is 5.11 Å². The fourth-order valence-corrected chi connectivity index (χ4v) is 1.76. The van der Waals surface area contributed by atoms with Crippen LogP contribution in [0.15, 0.2) is 24.5 Å². The fraction of sp³-hybridized carbons (Fsp3) is 0.364. The van der Waals surface area contributed by atoms with Gasteiger partial charge in [0.1, 0.15) is 0 Å². The molecule has 0 aliphatic rings. The molecule has 2 rings (SSSR count). The van der Waals surface area contributed by atoms with Gasteiger partial charge in [-0.3, -0.25) is 0 Å². The summed E-state index contributed by atoms with van der Waals surface area (Å²) < 4.78 is 1.68. The SMILES string of the molecule is Nc1cnn2ccc(C(CO)NCCO)cc12. The number of aliphatic hydroxyl groups excluding tert-OH is 2. The van der Waals surface area contributed by atoms with Crippen molar-refractivity contribution in [3.05, 3.63) is 30.1 Å². The first-order chi connectivity index (χ1) is 8.26. The Labute approximate surface area is 98.7 Å². The van der Waals surface area contributed by atoms with Gasteiger partial charge >= 0.3 is 0 Å². The molecule has 0 aliphatic carbocycles. The highest BCUT2D eigenvalue weighted by atomic mass is 16.3. The van der Waals surface area contributed by atoms with E-state index in [4.69, 9.17) is 10.8 Å². The van der Waals surface area contributed by atoms with Crippen molar-refractivity contribution in [2.24, 2.45) is 0 Å². The van der Waals surface area contributed by atoms with Crippen LogP contribution in [-0.4, -0.2) is 39.6 Å². The molecule has 1 unspecified atom stereocenters. The molecule has 0 spiro atoms. The quantitative estimate of drug-likeness (QED) is 0.563. The zero-order valence-corrected chi connectivity index (χ0v) is 9.37. The predicted molar refractivity (Wildman–Crippen MR) is 64.5 cm³/mol. The van der Waals surface area contributed by atoms with Gasteiger partial charge in [0, 0.05) is 12.7 Å². The van der Waals surface area contributed by atoms with Crippen molar-refractivity contribution in [1.82, 2.24) is 14.9 Å². The molecule has 6 nitrogen and oxygen atoms in total. The summed E-state index contributed by atoms with van der Waals surface area (Å²) in [6, 6.07) is 3.54. The Kier molecular flexibility index (Phi) is 3.58. The zero-order valence-electron chi connectivity index (χ0n) is 9.37. The number of pyridine rings is 1. The summed E-state index contributed by atoms with van der Waals surface area (Å²) in [5.41, 5.74) is 8.11. The number of nitrogens with one attached hydrogen (secondary N) is 1. The second-order valence-corrected chi connectivity index (χ2v) is 3.80. The summed E-state index contributed by atoms with van der Waals surface area (Å²) in [7, 11) is 0. The van der Waals surface area contributed by atoms with Gasteiger partial charge in [-0.1, -0.05) is 0 Å². The highest BCUT2D eigenvalue weighted by Crippen LogP contribution is 2.18. The molecular weight excluding hydrogens is 220 g/mol. The molecule has 5 N–H and O–H groups in total. The number of nitrogens with two attached hydrogens (primary N) is 1. The van der Waals surface area contributed by atoms with Crippen LogP contribution in [0.3, 0.4) is 0 Å². The molecule has 2 aromatic rings. The van der Waals surface area contributed by atoms with Crippen molar-refractivity contribution in [2.75, 3.05) is 25.5 Å². The first-order valence-corrected chi connectivity index (χ1v) is 5.44. The van der Waals surface area contributed by atoms with Gasteiger partial charge < -0.3 is 21.3 Å². The van der Waals surface area contributed by atoms with Crippen molar-refractivity contribution < 1.29 is 10.2 Å². The first-order valence-electron chi connectivity index (χ1n) is 5.44. The Hall–Kier alpha value is -1.63. The van der Waals surface area contributed by atoms with E-state index in [1.54, 1.807) is 16.9 Å². The number of aliphatic hydroxyl groups is 2. The van der Waals surface area contributed by atoms with Crippen molar-refractivity contribution in [3.63, 3.8) is 0 Å². The number of aromatic nitrogens is 2. The normalized spacial score (nSPS) is 13.1.